The van der Waals surface area contributed by atoms with Crippen molar-refractivity contribution in [1.82, 2.24) is 9.97 Å². The van der Waals surface area contributed by atoms with Crippen molar-refractivity contribution in [3.05, 3.63) is 48.2 Å². The van der Waals surface area contributed by atoms with Crippen LogP contribution in [0.4, 0.5) is 17.5 Å². The van der Waals surface area contributed by atoms with E-state index >= 15 is 0 Å². The second-order valence-electron chi connectivity index (χ2n) is 7.67. The number of anilines is 3. The van der Waals surface area contributed by atoms with Gasteiger partial charge in [-0.2, -0.15) is 4.98 Å². The van der Waals surface area contributed by atoms with Gasteiger partial charge in [-0.25, -0.2) is 4.98 Å². The molecule has 4 rings (SSSR count). The minimum Gasteiger partial charge on any atom is -0.495 e. The summed E-state index contributed by atoms with van der Waals surface area (Å²) < 4.78 is 5.52. The first-order valence-corrected chi connectivity index (χ1v) is 10.7. The molecule has 0 bridgehead atoms. The van der Waals surface area contributed by atoms with E-state index < -0.39 is 0 Å². The Bertz CT molecular complexity index is 830. The molecule has 1 saturated heterocycles. The van der Waals surface area contributed by atoms with Gasteiger partial charge in [-0.1, -0.05) is 23.8 Å². The van der Waals surface area contributed by atoms with Crippen molar-refractivity contribution in [2.24, 2.45) is 0 Å². The fraction of sp³-hybridized carbons (Fsp3) is 0.478. The summed E-state index contributed by atoms with van der Waals surface area (Å²) in [5, 5.41) is 3.40. The molecule has 1 fully saturated rings. The number of nitrogens with one attached hydrogen (secondary N) is 1. The molecule has 1 aliphatic carbocycles. The van der Waals surface area contributed by atoms with Crippen molar-refractivity contribution in [2.75, 3.05) is 55.0 Å². The van der Waals surface area contributed by atoms with Crippen LogP contribution >= 0.6 is 0 Å². The largest absolute Gasteiger partial charge is 0.495 e. The number of rotatable bonds is 7. The lowest BCUT2D eigenvalue weighted by atomic mass is 9.97. The van der Waals surface area contributed by atoms with Gasteiger partial charge in [-0.3, -0.25) is 0 Å². The molecule has 0 amide bonds. The lowest BCUT2D eigenvalue weighted by molar-refractivity contribution is 0.413. The Balaban J connectivity index is 1.31. The highest BCUT2D eigenvalue weighted by Gasteiger charge is 2.20. The summed E-state index contributed by atoms with van der Waals surface area (Å²) in [4.78, 5) is 13.9. The van der Waals surface area contributed by atoms with Crippen LogP contribution in [-0.2, 0) is 0 Å². The van der Waals surface area contributed by atoms with E-state index in [1.165, 1.54) is 25.7 Å². The van der Waals surface area contributed by atoms with Crippen LogP contribution in [0, 0.1) is 0 Å². The summed E-state index contributed by atoms with van der Waals surface area (Å²) in [5.74, 6) is 2.66. The molecule has 2 aliphatic rings. The highest BCUT2D eigenvalue weighted by atomic mass is 16.5. The second kappa shape index (κ2) is 9.63. The normalized spacial score (nSPS) is 17.1. The van der Waals surface area contributed by atoms with Crippen molar-refractivity contribution < 1.29 is 4.74 Å². The molecular formula is C23H31N5O. The topological polar surface area (TPSA) is 53.5 Å². The number of allylic oxidation sites excluding steroid dienone is 1. The standard InChI is InChI=1S/C23H31N5O/c1-29-21-10-6-5-9-20(21)27-15-17-28(18-16-27)22-12-14-25-23(26-22)24-13-11-19-7-3-2-4-8-19/h5-7,9-10,12,14H,2-4,8,11,13,15-18H2,1H3,(H,24,25,26). The molecule has 0 saturated carbocycles. The fourth-order valence-corrected chi connectivity index (χ4v) is 4.14. The Morgan fingerprint density at radius 1 is 1.03 bits per heavy atom. The lowest BCUT2D eigenvalue weighted by Gasteiger charge is -2.37. The molecule has 0 spiro atoms. The molecule has 1 aromatic carbocycles. The Morgan fingerprint density at radius 3 is 2.66 bits per heavy atom. The van der Waals surface area contributed by atoms with Gasteiger partial charge < -0.3 is 19.9 Å². The molecule has 2 heterocycles. The Labute approximate surface area is 173 Å². The molecule has 154 valence electrons. The maximum absolute atomic E-state index is 5.52. The average Bonchev–Trinajstić information content (AvgIpc) is 2.80. The predicted molar refractivity (Wildman–Crippen MR) is 119 cm³/mol. The number of aromatic nitrogens is 2. The van der Waals surface area contributed by atoms with Crippen LogP contribution in [0.25, 0.3) is 0 Å². The maximum atomic E-state index is 5.52. The second-order valence-corrected chi connectivity index (χ2v) is 7.67. The SMILES string of the molecule is COc1ccccc1N1CCN(c2ccnc(NCCC3=CCCCC3)n2)CC1. The number of para-hydroxylation sites is 2. The van der Waals surface area contributed by atoms with Gasteiger partial charge in [0.1, 0.15) is 11.6 Å². The van der Waals surface area contributed by atoms with Crippen LogP contribution in [0.1, 0.15) is 32.1 Å². The Kier molecular flexibility index (Phi) is 6.49. The molecular weight excluding hydrogens is 362 g/mol. The van der Waals surface area contributed by atoms with Gasteiger partial charge in [-0.05, 0) is 50.3 Å². The summed E-state index contributed by atoms with van der Waals surface area (Å²) in [7, 11) is 1.73. The zero-order valence-corrected chi connectivity index (χ0v) is 17.3. The molecule has 6 nitrogen and oxygen atoms in total. The molecule has 1 aliphatic heterocycles. The maximum Gasteiger partial charge on any atom is 0.224 e. The first kappa shape index (κ1) is 19.6. The van der Waals surface area contributed by atoms with Crippen LogP contribution in [0.5, 0.6) is 5.75 Å². The number of hydrogen-bond acceptors (Lipinski definition) is 6. The van der Waals surface area contributed by atoms with Gasteiger partial charge >= 0.3 is 0 Å². The average molecular weight is 394 g/mol. The van der Waals surface area contributed by atoms with Crippen LogP contribution in [0.3, 0.4) is 0 Å². The molecule has 0 atom stereocenters. The summed E-state index contributed by atoms with van der Waals surface area (Å²) in [6.45, 7) is 4.65. The zero-order valence-electron chi connectivity index (χ0n) is 17.3. The van der Waals surface area contributed by atoms with E-state index in [9.17, 15) is 0 Å². The van der Waals surface area contributed by atoms with E-state index in [1.807, 2.05) is 24.4 Å². The number of piperazine rings is 1. The first-order valence-electron chi connectivity index (χ1n) is 10.7. The van der Waals surface area contributed by atoms with Gasteiger partial charge in [-0.15, -0.1) is 0 Å². The van der Waals surface area contributed by atoms with Crippen molar-refractivity contribution in [3.63, 3.8) is 0 Å². The summed E-state index contributed by atoms with van der Waals surface area (Å²) in [5.41, 5.74) is 2.74. The number of ether oxygens (including phenoxy) is 1. The molecule has 1 N–H and O–H groups in total. The minimum atomic E-state index is 0.728. The number of nitrogens with zero attached hydrogens (tertiary/aromatic N) is 4. The zero-order chi connectivity index (χ0) is 19.9. The van der Waals surface area contributed by atoms with Crippen LogP contribution in [0.2, 0.25) is 0 Å². The van der Waals surface area contributed by atoms with Crippen molar-refractivity contribution in [2.45, 2.75) is 32.1 Å². The highest BCUT2D eigenvalue weighted by molar-refractivity contribution is 5.59. The van der Waals surface area contributed by atoms with E-state index in [4.69, 9.17) is 9.72 Å². The molecule has 6 heteroatoms. The number of methoxy groups -OCH3 is 1. The van der Waals surface area contributed by atoms with E-state index in [1.54, 1.807) is 12.7 Å². The van der Waals surface area contributed by atoms with Gasteiger partial charge in [0.25, 0.3) is 0 Å². The van der Waals surface area contributed by atoms with Crippen molar-refractivity contribution in [3.8, 4) is 5.75 Å². The lowest BCUT2D eigenvalue weighted by Crippen LogP contribution is -2.47. The minimum absolute atomic E-state index is 0.728. The third kappa shape index (κ3) is 5.00. The molecule has 29 heavy (non-hydrogen) atoms. The van der Waals surface area contributed by atoms with Gasteiger partial charge in [0.05, 0.1) is 12.8 Å². The number of hydrogen-bond donors (Lipinski definition) is 1. The van der Waals surface area contributed by atoms with Crippen LogP contribution < -0.4 is 19.9 Å². The fourth-order valence-electron chi connectivity index (χ4n) is 4.14. The van der Waals surface area contributed by atoms with Crippen LogP contribution in [0.15, 0.2) is 48.2 Å². The van der Waals surface area contributed by atoms with Gasteiger partial charge in [0, 0.05) is 38.9 Å². The molecule has 2 aromatic rings. The monoisotopic (exact) mass is 393 g/mol. The van der Waals surface area contributed by atoms with Gasteiger partial charge in [0.2, 0.25) is 5.95 Å². The molecule has 0 unspecified atom stereocenters. The number of benzene rings is 1. The smallest absolute Gasteiger partial charge is 0.224 e. The highest BCUT2D eigenvalue weighted by Crippen LogP contribution is 2.29. The van der Waals surface area contributed by atoms with Crippen molar-refractivity contribution in [1.29, 1.82) is 0 Å². The third-order valence-corrected chi connectivity index (χ3v) is 5.78. The van der Waals surface area contributed by atoms with Crippen molar-refractivity contribution >= 4 is 17.5 Å². The quantitative estimate of drug-likeness (QED) is 0.715. The third-order valence-electron chi connectivity index (χ3n) is 5.78. The summed E-state index contributed by atoms with van der Waals surface area (Å²) >= 11 is 0. The Morgan fingerprint density at radius 2 is 1.86 bits per heavy atom. The summed E-state index contributed by atoms with van der Waals surface area (Å²) in [6, 6.07) is 10.2. The van der Waals surface area contributed by atoms with Crippen LogP contribution in [-0.4, -0.2) is 49.8 Å². The Hall–Kier alpha value is -2.76. The summed E-state index contributed by atoms with van der Waals surface area (Å²) in [6.07, 6.45) is 10.5. The van der Waals surface area contributed by atoms with E-state index in [2.05, 4.69) is 38.3 Å². The van der Waals surface area contributed by atoms with E-state index in [0.29, 0.717) is 0 Å². The van der Waals surface area contributed by atoms with E-state index in [0.717, 1.165) is 62.3 Å². The first-order chi connectivity index (χ1) is 14.3. The van der Waals surface area contributed by atoms with E-state index in [-0.39, 0.29) is 0 Å². The molecule has 0 radical (unpaired) electrons. The predicted octanol–water partition coefficient (Wildman–Crippen LogP) is 4.11. The van der Waals surface area contributed by atoms with Gasteiger partial charge in [0.15, 0.2) is 0 Å². The molecule has 1 aromatic heterocycles.